The Kier molecular flexibility index (Phi) is 4.37. The highest BCUT2D eigenvalue weighted by Crippen LogP contribution is 2.26. The summed E-state index contributed by atoms with van der Waals surface area (Å²) < 4.78 is 0. The van der Waals surface area contributed by atoms with Crippen molar-refractivity contribution in [3.63, 3.8) is 0 Å². The van der Waals surface area contributed by atoms with Crippen LogP contribution in [0.15, 0.2) is 36.4 Å². The highest BCUT2D eigenvalue weighted by molar-refractivity contribution is 6.17. The number of carboxylic acids is 1. The van der Waals surface area contributed by atoms with Crippen LogP contribution < -0.4 is 5.73 Å². The standard InChI is InChI=1S/C15H12N2O6/c16-11-3-1-2-10(13(11)15(20)21)14(19)9-5-4-8(7-18)6-12(9)17(22)23/h1-6,18H,7,16H2,(H,20,21). The number of aliphatic hydroxyl groups is 1. The molecule has 0 aliphatic rings. The number of benzene rings is 2. The Morgan fingerprint density at radius 3 is 2.43 bits per heavy atom. The molecule has 2 aromatic rings. The fourth-order valence-electron chi connectivity index (χ4n) is 2.16. The zero-order chi connectivity index (χ0) is 17.1. The molecule has 2 aromatic carbocycles. The number of ketones is 1. The molecule has 23 heavy (non-hydrogen) atoms. The molecular formula is C15H12N2O6. The summed E-state index contributed by atoms with van der Waals surface area (Å²) in [6.45, 7) is -0.423. The molecule has 0 radical (unpaired) electrons. The van der Waals surface area contributed by atoms with Crippen LogP contribution in [0.3, 0.4) is 0 Å². The van der Waals surface area contributed by atoms with Gasteiger partial charge in [0.15, 0.2) is 0 Å². The number of hydrogen-bond acceptors (Lipinski definition) is 6. The van der Waals surface area contributed by atoms with E-state index in [9.17, 15) is 24.8 Å². The SMILES string of the molecule is Nc1cccc(C(=O)c2ccc(CO)cc2[N+](=O)[O-])c1C(=O)O. The second-order valence-corrected chi connectivity index (χ2v) is 4.67. The zero-order valence-electron chi connectivity index (χ0n) is 11.7. The van der Waals surface area contributed by atoms with Gasteiger partial charge in [-0.25, -0.2) is 4.79 Å². The molecule has 2 rings (SSSR count). The van der Waals surface area contributed by atoms with Crippen molar-refractivity contribution in [3.8, 4) is 0 Å². The van der Waals surface area contributed by atoms with Crippen molar-refractivity contribution in [3.05, 3.63) is 68.8 Å². The highest BCUT2D eigenvalue weighted by atomic mass is 16.6. The molecule has 0 bridgehead atoms. The second-order valence-electron chi connectivity index (χ2n) is 4.67. The Labute approximate surface area is 129 Å². The lowest BCUT2D eigenvalue weighted by Gasteiger charge is -2.09. The normalized spacial score (nSPS) is 10.3. The second kappa shape index (κ2) is 6.24. The van der Waals surface area contributed by atoms with Crippen molar-refractivity contribution in [2.45, 2.75) is 6.61 Å². The summed E-state index contributed by atoms with van der Waals surface area (Å²) >= 11 is 0. The molecule has 0 fully saturated rings. The van der Waals surface area contributed by atoms with Crippen LogP contribution in [0.1, 0.15) is 31.8 Å². The number of carbonyl (C=O) groups excluding carboxylic acids is 1. The van der Waals surface area contributed by atoms with Crippen molar-refractivity contribution in [2.75, 3.05) is 5.73 Å². The molecule has 0 saturated heterocycles. The van der Waals surface area contributed by atoms with Gasteiger partial charge in [0.05, 0.1) is 17.1 Å². The molecule has 4 N–H and O–H groups in total. The Bertz CT molecular complexity index is 816. The van der Waals surface area contributed by atoms with E-state index in [0.717, 1.165) is 6.07 Å². The molecule has 0 aliphatic heterocycles. The monoisotopic (exact) mass is 316 g/mol. The predicted molar refractivity (Wildman–Crippen MR) is 80.3 cm³/mol. The summed E-state index contributed by atoms with van der Waals surface area (Å²) in [6.07, 6.45) is 0. The number of hydrogen-bond donors (Lipinski definition) is 3. The summed E-state index contributed by atoms with van der Waals surface area (Å²) in [5.74, 6) is -2.23. The van der Waals surface area contributed by atoms with E-state index >= 15 is 0 Å². The van der Waals surface area contributed by atoms with Crippen LogP contribution in [0.25, 0.3) is 0 Å². The molecule has 0 aromatic heterocycles. The van der Waals surface area contributed by atoms with Crippen molar-refractivity contribution >= 4 is 23.1 Å². The number of nitro benzene ring substituents is 1. The Morgan fingerprint density at radius 1 is 1.17 bits per heavy atom. The molecule has 0 atom stereocenters. The number of aliphatic hydroxyl groups excluding tert-OH is 1. The highest BCUT2D eigenvalue weighted by Gasteiger charge is 2.26. The Morgan fingerprint density at radius 2 is 1.87 bits per heavy atom. The van der Waals surface area contributed by atoms with E-state index in [1.165, 1.54) is 30.3 Å². The van der Waals surface area contributed by atoms with Gasteiger partial charge in [-0.05, 0) is 17.7 Å². The molecular weight excluding hydrogens is 304 g/mol. The quantitative estimate of drug-likeness (QED) is 0.329. The minimum absolute atomic E-state index is 0.113. The third kappa shape index (κ3) is 3.01. The van der Waals surface area contributed by atoms with Gasteiger partial charge in [-0.3, -0.25) is 14.9 Å². The molecule has 0 amide bonds. The molecule has 0 saturated carbocycles. The first kappa shape index (κ1) is 16.1. The Balaban J connectivity index is 2.65. The number of nitrogen functional groups attached to an aromatic ring is 1. The fraction of sp³-hybridized carbons (Fsp3) is 0.0667. The van der Waals surface area contributed by atoms with Crippen molar-refractivity contribution in [2.24, 2.45) is 0 Å². The largest absolute Gasteiger partial charge is 0.478 e. The van der Waals surface area contributed by atoms with E-state index in [-0.39, 0.29) is 22.4 Å². The smallest absolute Gasteiger partial charge is 0.338 e. The number of nitro groups is 1. The van der Waals surface area contributed by atoms with E-state index in [2.05, 4.69) is 0 Å². The fourth-order valence-corrected chi connectivity index (χ4v) is 2.16. The summed E-state index contributed by atoms with van der Waals surface area (Å²) in [7, 11) is 0. The van der Waals surface area contributed by atoms with Crippen LogP contribution in [0, 0.1) is 10.1 Å². The van der Waals surface area contributed by atoms with Gasteiger partial charge in [0.25, 0.3) is 5.69 Å². The van der Waals surface area contributed by atoms with Gasteiger partial charge in [-0.2, -0.15) is 0 Å². The lowest BCUT2D eigenvalue weighted by atomic mass is 9.95. The third-order valence-electron chi connectivity index (χ3n) is 3.24. The van der Waals surface area contributed by atoms with Gasteiger partial charge in [0, 0.05) is 17.3 Å². The van der Waals surface area contributed by atoms with Gasteiger partial charge >= 0.3 is 5.97 Å². The zero-order valence-corrected chi connectivity index (χ0v) is 11.7. The number of nitrogens with two attached hydrogens (primary N) is 1. The van der Waals surface area contributed by atoms with Crippen molar-refractivity contribution in [1.29, 1.82) is 0 Å². The van der Waals surface area contributed by atoms with Gasteiger partial charge < -0.3 is 15.9 Å². The summed E-state index contributed by atoms with van der Waals surface area (Å²) in [4.78, 5) is 34.2. The summed E-state index contributed by atoms with van der Waals surface area (Å²) in [6, 6.07) is 7.56. The van der Waals surface area contributed by atoms with E-state index in [1.54, 1.807) is 0 Å². The first-order chi connectivity index (χ1) is 10.9. The van der Waals surface area contributed by atoms with E-state index in [4.69, 9.17) is 10.8 Å². The maximum absolute atomic E-state index is 12.6. The minimum Gasteiger partial charge on any atom is -0.478 e. The van der Waals surface area contributed by atoms with Gasteiger partial charge in [0.1, 0.15) is 5.56 Å². The molecule has 0 aliphatic carbocycles. The molecule has 8 nitrogen and oxygen atoms in total. The number of anilines is 1. The summed E-state index contributed by atoms with van der Waals surface area (Å²) in [5, 5.41) is 29.4. The predicted octanol–water partition coefficient (Wildman–Crippen LogP) is 1.60. The van der Waals surface area contributed by atoms with Crippen LogP contribution in [-0.4, -0.2) is 26.9 Å². The molecule has 0 heterocycles. The Hall–Kier alpha value is -3.26. The molecule has 0 spiro atoms. The average Bonchev–Trinajstić information content (AvgIpc) is 2.52. The third-order valence-corrected chi connectivity index (χ3v) is 3.24. The van der Waals surface area contributed by atoms with Gasteiger partial charge in [0.2, 0.25) is 5.78 Å². The topological polar surface area (TPSA) is 144 Å². The lowest BCUT2D eigenvalue weighted by molar-refractivity contribution is -0.385. The molecule has 0 unspecified atom stereocenters. The van der Waals surface area contributed by atoms with Crippen LogP contribution in [0.5, 0.6) is 0 Å². The first-order valence-electron chi connectivity index (χ1n) is 6.41. The number of nitrogens with zero attached hydrogens (tertiary/aromatic N) is 1. The van der Waals surface area contributed by atoms with Crippen LogP contribution in [0.4, 0.5) is 11.4 Å². The van der Waals surface area contributed by atoms with Gasteiger partial charge in [-0.1, -0.05) is 18.2 Å². The lowest BCUT2D eigenvalue weighted by Crippen LogP contribution is -2.13. The number of carbonyl (C=O) groups is 2. The van der Waals surface area contributed by atoms with Gasteiger partial charge in [-0.15, -0.1) is 0 Å². The maximum atomic E-state index is 12.6. The van der Waals surface area contributed by atoms with Crippen LogP contribution >= 0.6 is 0 Å². The summed E-state index contributed by atoms with van der Waals surface area (Å²) in [5.41, 5.74) is 4.30. The molecule has 8 heteroatoms. The number of aromatic carboxylic acids is 1. The number of carboxylic acid groups (broad SMARTS) is 1. The number of rotatable bonds is 5. The maximum Gasteiger partial charge on any atom is 0.338 e. The van der Waals surface area contributed by atoms with E-state index in [0.29, 0.717) is 0 Å². The molecule has 118 valence electrons. The van der Waals surface area contributed by atoms with E-state index < -0.39 is 34.5 Å². The minimum atomic E-state index is -1.40. The van der Waals surface area contributed by atoms with Crippen LogP contribution in [0.2, 0.25) is 0 Å². The average molecular weight is 316 g/mol. The van der Waals surface area contributed by atoms with E-state index in [1.807, 2.05) is 0 Å². The van der Waals surface area contributed by atoms with Crippen molar-refractivity contribution in [1.82, 2.24) is 0 Å². The first-order valence-corrected chi connectivity index (χ1v) is 6.41. The van der Waals surface area contributed by atoms with Crippen molar-refractivity contribution < 1.29 is 24.7 Å². The van der Waals surface area contributed by atoms with Crippen LogP contribution in [-0.2, 0) is 6.61 Å².